The average molecular weight is 229 g/mol. The maximum atomic E-state index is 5.86. The van der Waals surface area contributed by atoms with Crippen LogP contribution in [0.1, 0.15) is 31.9 Å². The highest BCUT2D eigenvalue weighted by molar-refractivity contribution is 5.33. The molecule has 0 radical (unpaired) electrons. The predicted molar refractivity (Wildman–Crippen MR) is 70.2 cm³/mol. The summed E-state index contributed by atoms with van der Waals surface area (Å²) < 4.78 is 1.99. The smallest absolute Gasteiger partial charge is 0.0648 e. The van der Waals surface area contributed by atoms with Crippen LogP contribution in [-0.2, 0) is 0 Å². The van der Waals surface area contributed by atoms with Crippen molar-refractivity contribution in [2.45, 2.75) is 32.2 Å². The van der Waals surface area contributed by atoms with E-state index in [0.29, 0.717) is 5.92 Å². The van der Waals surface area contributed by atoms with Gasteiger partial charge in [0.25, 0.3) is 0 Å². The van der Waals surface area contributed by atoms with Crippen LogP contribution in [0.25, 0.3) is 5.69 Å². The Morgan fingerprint density at radius 1 is 1.18 bits per heavy atom. The minimum atomic E-state index is 0.212. The molecule has 1 aromatic carbocycles. The molecule has 2 rings (SSSR count). The first kappa shape index (κ1) is 11.9. The van der Waals surface area contributed by atoms with Gasteiger partial charge < -0.3 is 5.73 Å². The van der Waals surface area contributed by atoms with E-state index in [4.69, 9.17) is 5.73 Å². The number of nitrogens with zero attached hydrogens (tertiary/aromatic N) is 2. The SMILES string of the molecule is CC(N)CC(C)c1ccnn1-c1ccccc1. The monoisotopic (exact) mass is 229 g/mol. The lowest BCUT2D eigenvalue weighted by atomic mass is 9.99. The quantitative estimate of drug-likeness (QED) is 0.876. The van der Waals surface area contributed by atoms with Gasteiger partial charge in [0.1, 0.15) is 0 Å². The fourth-order valence-electron chi connectivity index (χ4n) is 2.15. The molecule has 1 heterocycles. The highest BCUT2D eigenvalue weighted by atomic mass is 15.3. The van der Waals surface area contributed by atoms with Crippen LogP contribution in [0.5, 0.6) is 0 Å². The molecule has 17 heavy (non-hydrogen) atoms. The number of hydrogen-bond donors (Lipinski definition) is 1. The van der Waals surface area contributed by atoms with Crippen LogP contribution in [-0.4, -0.2) is 15.8 Å². The van der Waals surface area contributed by atoms with Gasteiger partial charge in [0, 0.05) is 17.9 Å². The van der Waals surface area contributed by atoms with Crippen molar-refractivity contribution in [3.05, 3.63) is 48.3 Å². The molecule has 0 amide bonds. The van der Waals surface area contributed by atoms with Crippen LogP contribution < -0.4 is 5.73 Å². The van der Waals surface area contributed by atoms with Crippen molar-refractivity contribution < 1.29 is 0 Å². The zero-order valence-corrected chi connectivity index (χ0v) is 10.4. The average Bonchev–Trinajstić information content (AvgIpc) is 2.78. The summed E-state index contributed by atoms with van der Waals surface area (Å²) in [6, 6.07) is 12.5. The third-order valence-corrected chi connectivity index (χ3v) is 2.90. The Kier molecular flexibility index (Phi) is 3.59. The summed E-state index contributed by atoms with van der Waals surface area (Å²) in [5, 5.41) is 4.39. The molecule has 3 nitrogen and oxygen atoms in total. The molecule has 0 aliphatic carbocycles. The standard InChI is InChI=1S/C14H19N3/c1-11(10-12(2)15)14-8-9-16-17(14)13-6-4-3-5-7-13/h3-9,11-12H,10,15H2,1-2H3. The lowest BCUT2D eigenvalue weighted by molar-refractivity contribution is 0.561. The summed E-state index contributed by atoms with van der Waals surface area (Å²) in [7, 11) is 0. The van der Waals surface area contributed by atoms with E-state index >= 15 is 0 Å². The molecule has 0 aliphatic rings. The molecule has 0 spiro atoms. The van der Waals surface area contributed by atoms with E-state index in [-0.39, 0.29) is 6.04 Å². The van der Waals surface area contributed by atoms with Crippen LogP contribution in [0.3, 0.4) is 0 Å². The first-order valence-corrected chi connectivity index (χ1v) is 6.03. The highest BCUT2D eigenvalue weighted by Crippen LogP contribution is 2.22. The summed E-state index contributed by atoms with van der Waals surface area (Å²) in [6.45, 7) is 4.24. The number of benzene rings is 1. The van der Waals surface area contributed by atoms with Gasteiger partial charge in [-0.25, -0.2) is 4.68 Å². The Labute approximate surface area is 102 Å². The minimum Gasteiger partial charge on any atom is -0.328 e. The molecule has 2 aromatic rings. The van der Waals surface area contributed by atoms with Crippen molar-refractivity contribution in [2.24, 2.45) is 5.73 Å². The van der Waals surface area contributed by atoms with Crippen molar-refractivity contribution in [2.75, 3.05) is 0 Å². The number of para-hydroxylation sites is 1. The largest absolute Gasteiger partial charge is 0.328 e. The molecule has 0 bridgehead atoms. The van der Waals surface area contributed by atoms with Gasteiger partial charge in [-0.3, -0.25) is 0 Å². The van der Waals surface area contributed by atoms with Crippen molar-refractivity contribution in [1.29, 1.82) is 0 Å². The van der Waals surface area contributed by atoms with Gasteiger partial charge >= 0.3 is 0 Å². The van der Waals surface area contributed by atoms with Crippen molar-refractivity contribution in [1.82, 2.24) is 9.78 Å². The second-order valence-corrected chi connectivity index (χ2v) is 4.62. The summed E-state index contributed by atoms with van der Waals surface area (Å²) in [5.41, 5.74) is 8.18. The van der Waals surface area contributed by atoms with Gasteiger partial charge in [-0.05, 0) is 37.5 Å². The summed E-state index contributed by atoms with van der Waals surface area (Å²) in [5.74, 6) is 0.415. The normalized spacial score (nSPS) is 14.5. The molecule has 90 valence electrons. The van der Waals surface area contributed by atoms with Gasteiger partial charge in [-0.15, -0.1) is 0 Å². The minimum absolute atomic E-state index is 0.212. The van der Waals surface area contributed by atoms with Crippen LogP contribution in [0.4, 0.5) is 0 Å². The fourth-order valence-corrected chi connectivity index (χ4v) is 2.15. The number of aromatic nitrogens is 2. The predicted octanol–water partition coefficient (Wildman–Crippen LogP) is 2.71. The highest BCUT2D eigenvalue weighted by Gasteiger charge is 2.13. The van der Waals surface area contributed by atoms with Crippen molar-refractivity contribution >= 4 is 0 Å². The zero-order chi connectivity index (χ0) is 12.3. The van der Waals surface area contributed by atoms with E-state index in [1.807, 2.05) is 36.0 Å². The molecule has 3 heteroatoms. The second-order valence-electron chi connectivity index (χ2n) is 4.62. The number of nitrogens with two attached hydrogens (primary N) is 1. The molecular formula is C14H19N3. The van der Waals surface area contributed by atoms with Gasteiger partial charge in [0.2, 0.25) is 0 Å². The van der Waals surface area contributed by atoms with Crippen LogP contribution in [0.15, 0.2) is 42.6 Å². The third-order valence-electron chi connectivity index (χ3n) is 2.90. The van der Waals surface area contributed by atoms with Crippen LogP contribution in [0.2, 0.25) is 0 Å². The van der Waals surface area contributed by atoms with Crippen LogP contribution >= 0.6 is 0 Å². The molecule has 0 fully saturated rings. The lowest BCUT2D eigenvalue weighted by Crippen LogP contribution is -2.18. The van der Waals surface area contributed by atoms with E-state index in [1.165, 1.54) is 5.69 Å². The first-order valence-electron chi connectivity index (χ1n) is 6.03. The maximum absolute atomic E-state index is 5.86. The summed E-state index contributed by atoms with van der Waals surface area (Å²) in [4.78, 5) is 0. The molecule has 0 saturated carbocycles. The molecule has 2 N–H and O–H groups in total. The van der Waals surface area contributed by atoms with Gasteiger partial charge in [0.05, 0.1) is 5.69 Å². The Morgan fingerprint density at radius 3 is 2.53 bits per heavy atom. The Morgan fingerprint density at radius 2 is 1.88 bits per heavy atom. The van der Waals surface area contributed by atoms with Gasteiger partial charge in [-0.1, -0.05) is 25.1 Å². The Balaban J connectivity index is 2.29. The summed E-state index contributed by atoms with van der Waals surface area (Å²) in [6.07, 6.45) is 2.82. The Bertz CT molecular complexity index is 459. The molecule has 2 atom stereocenters. The molecular weight excluding hydrogens is 210 g/mol. The van der Waals surface area contributed by atoms with Crippen molar-refractivity contribution in [3.8, 4) is 5.69 Å². The first-order chi connectivity index (χ1) is 8.18. The topological polar surface area (TPSA) is 43.8 Å². The van der Waals surface area contributed by atoms with Gasteiger partial charge in [-0.2, -0.15) is 5.10 Å². The van der Waals surface area contributed by atoms with E-state index in [0.717, 1.165) is 12.1 Å². The lowest BCUT2D eigenvalue weighted by Gasteiger charge is -2.16. The maximum Gasteiger partial charge on any atom is 0.0648 e. The molecule has 0 aliphatic heterocycles. The van der Waals surface area contributed by atoms with Crippen LogP contribution in [0, 0.1) is 0 Å². The molecule has 1 aromatic heterocycles. The van der Waals surface area contributed by atoms with E-state index in [2.05, 4.69) is 30.2 Å². The fraction of sp³-hybridized carbons (Fsp3) is 0.357. The molecule has 0 saturated heterocycles. The summed E-state index contributed by atoms with van der Waals surface area (Å²) >= 11 is 0. The van der Waals surface area contributed by atoms with E-state index in [9.17, 15) is 0 Å². The van der Waals surface area contributed by atoms with Crippen molar-refractivity contribution in [3.63, 3.8) is 0 Å². The van der Waals surface area contributed by atoms with E-state index < -0.39 is 0 Å². The number of hydrogen-bond acceptors (Lipinski definition) is 2. The Hall–Kier alpha value is -1.61. The second kappa shape index (κ2) is 5.15. The zero-order valence-electron chi connectivity index (χ0n) is 10.4. The third kappa shape index (κ3) is 2.74. The van der Waals surface area contributed by atoms with E-state index in [1.54, 1.807) is 0 Å². The van der Waals surface area contributed by atoms with Gasteiger partial charge in [0.15, 0.2) is 0 Å². The number of rotatable bonds is 4. The molecule has 2 unspecified atom stereocenters.